The highest BCUT2D eigenvalue weighted by molar-refractivity contribution is 7.91. The van der Waals surface area contributed by atoms with Gasteiger partial charge in [0.15, 0.2) is 9.84 Å². The van der Waals surface area contributed by atoms with E-state index in [-0.39, 0.29) is 5.75 Å². The van der Waals surface area contributed by atoms with Gasteiger partial charge in [0, 0.05) is 5.56 Å². The van der Waals surface area contributed by atoms with Gasteiger partial charge in [0.05, 0.1) is 16.2 Å². The summed E-state index contributed by atoms with van der Waals surface area (Å²) >= 11 is 0. The van der Waals surface area contributed by atoms with Gasteiger partial charge >= 0.3 is 0 Å². The molecular weight excluding hydrogens is 236 g/mol. The summed E-state index contributed by atoms with van der Waals surface area (Å²) in [6, 6.07) is 6.81. The van der Waals surface area contributed by atoms with E-state index in [4.69, 9.17) is 0 Å². The van der Waals surface area contributed by atoms with Crippen molar-refractivity contribution in [2.75, 3.05) is 5.75 Å². The van der Waals surface area contributed by atoms with Crippen molar-refractivity contribution >= 4 is 9.84 Å². The van der Waals surface area contributed by atoms with Crippen molar-refractivity contribution < 1.29 is 13.5 Å². The minimum Gasteiger partial charge on any atom is -0.385 e. The Labute approximate surface area is 102 Å². The van der Waals surface area contributed by atoms with Crippen LogP contribution in [-0.2, 0) is 15.4 Å². The average molecular weight is 254 g/mol. The summed E-state index contributed by atoms with van der Waals surface area (Å²) in [7, 11) is -3.21. The highest BCUT2D eigenvalue weighted by Crippen LogP contribution is 2.40. The predicted molar refractivity (Wildman–Crippen MR) is 66.5 cm³/mol. The van der Waals surface area contributed by atoms with E-state index >= 15 is 0 Å². The Morgan fingerprint density at radius 1 is 1.35 bits per heavy atom. The molecule has 0 amide bonds. The zero-order chi connectivity index (χ0) is 12.7. The Morgan fingerprint density at radius 3 is 2.65 bits per heavy atom. The van der Waals surface area contributed by atoms with Gasteiger partial charge in [-0.1, -0.05) is 32.0 Å². The minimum atomic E-state index is -3.21. The number of sulfone groups is 1. The van der Waals surface area contributed by atoms with Crippen LogP contribution in [0.25, 0.3) is 0 Å². The highest BCUT2D eigenvalue weighted by atomic mass is 32.2. The Morgan fingerprint density at radius 2 is 2.00 bits per heavy atom. The molecule has 94 valence electrons. The third kappa shape index (κ3) is 2.24. The van der Waals surface area contributed by atoms with Gasteiger partial charge in [-0.25, -0.2) is 8.42 Å². The maximum Gasteiger partial charge on any atom is 0.178 e. The summed E-state index contributed by atoms with van der Waals surface area (Å²) in [5.74, 6) is 0.363. The molecule has 1 aliphatic heterocycles. The Hall–Kier alpha value is -0.870. The SMILES string of the molecule is CC(C)CC1(O)CCS(=O)(=O)c2ccccc21. The van der Waals surface area contributed by atoms with E-state index in [0.29, 0.717) is 29.2 Å². The Balaban J connectivity index is 2.56. The fourth-order valence-electron chi connectivity index (χ4n) is 2.56. The third-order valence-corrected chi connectivity index (χ3v) is 5.02. The van der Waals surface area contributed by atoms with E-state index in [9.17, 15) is 13.5 Å². The largest absolute Gasteiger partial charge is 0.385 e. The topological polar surface area (TPSA) is 54.4 Å². The molecule has 1 heterocycles. The maximum atomic E-state index is 11.9. The molecule has 0 aromatic heterocycles. The zero-order valence-corrected chi connectivity index (χ0v) is 11.0. The van der Waals surface area contributed by atoms with Crippen LogP contribution in [0.2, 0.25) is 0 Å². The molecule has 0 aliphatic carbocycles. The predicted octanol–water partition coefficient (Wildman–Crippen LogP) is 2.10. The van der Waals surface area contributed by atoms with Crippen LogP contribution >= 0.6 is 0 Å². The fourth-order valence-corrected chi connectivity index (χ4v) is 4.26. The molecule has 0 saturated carbocycles. The van der Waals surface area contributed by atoms with Crippen LogP contribution in [-0.4, -0.2) is 19.3 Å². The van der Waals surface area contributed by atoms with Crippen molar-refractivity contribution in [1.29, 1.82) is 0 Å². The van der Waals surface area contributed by atoms with Crippen LogP contribution in [0.1, 0.15) is 32.3 Å². The van der Waals surface area contributed by atoms with Crippen molar-refractivity contribution in [1.82, 2.24) is 0 Å². The van der Waals surface area contributed by atoms with Gasteiger partial charge in [0.2, 0.25) is 0 Å². The van der Waals surface area contributed by atoms with Crippen LogP contribution in [0, 0.1) is 5.92 Å². The van der Waals surface area contributed by atoms with E-state index in [2.05, 4.69) is 0 Å². The first kappa shape index (κ1) is 12.6. The standard InChI is InChI=1S/C13H18O3S/c1-10(2)9-13(14)7-8-17(15,16)12-6-4-3-5-11(12)13/h3-6,10,14H,7-9H2,1-2H3. The van der Waals surface area contributed by atoms with Gasteiger partial charge in [0.1, 0.15) is 0 Å². The molecule has 17 heavy (non-hydrogen) atoms. The summed E-state index contributed by atoms with van der Waals surface area (Å²) in [4.78, 5) is 0.300. The molecule has 1 aromatic rings. The molecule has 4 heteroatoms. The van der Waals surface area contributed by atoms with Gasteiger partial charge in [-0.3, -0.25) is 0 Å². The molecule has 1 aromatic carbocycles. The lowest BCUT2D eigenvalue weighted by Crippen LogP contribution is -2.36. The second-order valence-corrected chi connectivity index (χ2v) is 7.27. The number of aliphatic hydroxyl groups is 1. The molecule has 0 bridgehead atoms. The summed E-state index contributed by atoms with van der Waals surface area (Å²) in [6.45, 7) is 4.06. The quantitative estimate of drug-likeness (QED) is 0.879. The fraction of sp³-hybridized carbons (Fsp3) is 0.538. The van der Waals surface area contributed by atoms with Gasteiger partial charge in [0.25, 0.3) is 0 Å². The molecule has 0 saturated heterocycles. The van der Waals surface area contributed by atoms with Gasteiger partial charge < -0.3 is 5.11 Å². The van der Waals surface area contributed by atoms with Gasteiger partial charge in [-0.05, 0) is 24.8 Å². The second-order valence-electron chi connectivity index (χ2n) is 5.19. The molecule has 1 atom stereocenters. The van der Waals surface area contributed by atoms with E-state index in [1.165, 1.54) is 0 Å². The van der Waals surface area contributed by atoms with Crippen LogP contribution in [0.3, 0.4) is 0 Å². The summed E-state index contributed by atoms with van der Waals surface area (Å²) < 4.78 is 23.9. The molecule has 1 aliphatic rings. The van der Waals surface area contributed by atoms with Crippen molar-refractivity contribution in [3.05, 3.63) is 29.8 Å². The minimum absolute atomic E-state index is 0.0350. The number of benzene rings is 1. The number of hydrogen-bond donors (Lipinski definition) is 1. The van der Waals surface area contributed by atoms with Crippen LogP contribution in [0.4, 0.5) is 0 Å². The first-order valence-electron chi connectivity index (χ1n) is 5.90. The summed E-state index contributed by atoms with van der Waals surface area (Å²) in [6.07, 6.45) is 0.893. The normalized spacial score (nSPS) is 26.8. The van der Waals surface area contributed by atoms with Crippen molar-refractivity contribution in [2.24, 2.45) is 5.92 Å². The molecular formula is C13H18O3S. The molecule has 2 rings (SSSR count). The average Bonchev–Trinajstić information content (AvgIpc) is 2.25. The zero-order valence-electron chi connectivity index (χ0n) is 10.2. The lowest BCUT2D eigenvalue weighted by atomic mass is 9.83. The molecule has 0 fully saturated rings. The second kappa shape index (κ2) is 4.10. The Bertz CT molecular complexity index is 519. The molecule has 0 spiro atoms. The number of hydrogen-bond acceptors (Lipinski definition) is 3. The van der Waals surface area contributed by atoms with Crippen LogP contribution in [0.5, 0.6) is 0 Å². The summed E-state index contributed by atoms with van der Waals surface area (Å²) in [5, 5.41) is 10.7. The number of fused-ring (bicyclic) bond motifs is 1. The van der Waals surface area contributed by atoms with Gasteiger partial charge in [-0.15, -0.1) is 0 Å². The van der Waals surface area contributed by atoms with E-state index in [1.54, 1.807) is 24.3 Å². The van der Waals surface area contributed by atoms with Crippen molar-refractivity contribution in [3.63, 3.8) is 0 Å². The lowest BCUT2D eigenvalue weighted by Gasteiger charge is -2.35. The van der Waals surface area contributed by atoms with E-state index < -0.39 is 15.4 Å². The number of rotatable bonds is 2. The summed E-state index contributed by atoms with van der Waals surface area (Å²) in [5.41, 5.74) is -0.421. The highest BCUT2D eigenvalue weighted by Gasteiger charge is 2.40. The first-order chi connectivity index (χ1) is 7.85. The molecule has 3 nitrogen and oxygen atoms in total. The van der Waals surface area contributed by atoms with Crippen LogP contribution in [0.15, 0.2) is 29.2 Å². The smallest absolute Gasteiger partial charge is 0.178 e. The molecule has 1 N–H and O–H groups in total. The van der Waals surface area contributed by atoms with Crippen LogP contribution < -0.4 is 0 Å². The lowest BCUT2D eigenvalue weighted by molar-refractivity contribution is 0.00723. The van der Waals surface area contributed by atoms with Crippen molar-refractivity contribution in [3.8, 4) is 0 Å². The molecule has 0 radical (unpaired) electrons. The third-order valence-electron chi connectivity index (χ3n) is 3.25. The maximum absolute atomic E-state index is 11.9. The Kier molecular flexibility index (Phi) is 3.04. The van der Waals surface area contributed by atoms with Crippen molar-refractivity contribution in [2.45, 2.75) is 37.2 Å². The van der Waals surface area contributed by atoms with E-state index in [0.717, 1.165) is 0 Å². The first-order valence-corrected chi connectivity index (χ1v) is 7.55. The van der Waals surface area contributed by atoms with Gasteiger partial charge in [-0.2, -0.15) is 0 Å². The monoisotopic (exact) mass is 254 g/mol. The van der Waals surface area contributed by atoms with E-state index in [1.807, 2.05) is 13.8 Å². The molecule has 1 unspecified atom stereocenters.